The Balaban J connectivity index is 2.08. The first-order valence-corrected chi connectivity index (χ1v) is 5.80. The Hall–Kier alpha value is -1.09. The maximum atomic E-state index is 13.8. The van der Waals surface area contributed by atoms with Crippen LogP contribution < -0.4 is 5.32 Å². The van der Waals surface area contributed by atoms with Crippen molar-refractivity contribution in [2.75, 3.05) is 18.9 Å². The zero-order valence-electron chi connectivity index (χ0n) is 10.1. The van der Waals surface area contributed by atoms with Gasteiger partial charge in [0.1, 0.15) is 5.82 Å². The van der Waals surface area contributed by atoms with Crippen LogP contribution in [0.4, 0.5) is 10.1 Å². The molecule has 1 aliphatic rings. The lowest BCUT2D eigenvalue weighted by Gasteiger charge is -2.15. The number of likely N-dealkylation sites (N-methyl/N-ethyl adjacent to an activating group) is 1. The molecule has 2 rings (SSSR count). The number of anilines is 1. The van der Waals surface area contributed by atoms with Crippen LogP contribution in [0.25, 0.3) is 0 Å². The molecule has 2 unspecified atom stereocenters. The molecule has 0 radical (unpaired) electrons. The zero-order chi connectivity index (χ0) is 11.7. The van der Waals surface area contributed by atoms with Crippen molar-refractivity contribution in [3.63, 3.8) is 0 Å². The van der Waals surface area contributed by atoms with Crippen molar-refractivity contribution in [3.8, 4) is 0 Å². The molecule has 88 valence electrons. The van der Waals surface area contributed by atoms with Crippen molar-refractivity contribution in [2.45, 2.75) is 32.4 Å². The van der Waals surface area contributed by atoms with Crippen molar-refractivity contribution < 1.29 is 4.39 Å². The van der Waals surface area contributed by atoms with Crippen LogP contribution in [0.3, 0.4) is 0 Å². The molecule has 0 bridgehead atoms. The minimum atomic E-state index is -0.121. The van der Waals surface area contributed by atoms with Gasteiger partial charge in [-0.25, -0.2) is 4.39 Å². The van der Waals surface area contributed by atoms with Gasteiger partial charge >= 0.3 is 0 Å². The first-order valence-electron chi connectivity index (χ1n) is 5.80. The summed E-state index contributed by atoms with van der Waals surface area (Å²) in [4.78, 5) is 2.30. The monoisotopic (exact) mass is 222 g/mol. The number of halogens is 1. The average Bonchev–Trinajstić information content (AvgIpc) is 2.54. The molecule has 0 aromatic heterocycles. The molecule has 16 heavy (non-hydrogen) atoms. The fourth-order valence-corrected chi connectivity index (χ4v) is 2.28. The summed E-state index contributed by atoms with van der Waals surface area (Å²) in [7, 11) is 2.11. The maximum absolute atomic E-state index is 13.8. The molecule has 1 aromatic rings. The van der Waals surface area contributed by atoms with Crippen LogP contribution >= 0.6 is 0 Å². The number of likely N-dealkylation sites (tertiary alicyclic amines) is 1. The van der Waals surface area contributed by atoms with Gasteiger partial charge in [-0.05, 0) is 38.9 Å². The Labute approximate surface area is 96.5 Å². The Kier molecular flexibility index (Phi) is 3.15. The van der Waals surface area contributed by atoms with E-state index in [1.165, 1.54) is 0 Å². The third kappa shape index (κ3) is 2.19. The van der Waals surface area contributed by atoms with Crippen molar-refractivity contribution >= 4 is 5.69 Å². The van der Waals surface area contributed by atoms with E-state index in [4.69, 9.17) is 0 Å². The van der Waals surface area contributed by atoms with E-state index in [1.807, 2.05) is 12.1 Å². The van der Waals surface area contributed by atoms with E-state index in [2.05, 4.69) is 24.2 Å². The molecule has 0 spiro atoms. The largest absolute Gasteiger partial charge is 0.379 e. The highest BCUT2D eigenvalue weighted by atomic mass is 19.1. The lowest BCUT2D eigenvalue weighted by atomic mass is 10.1. The summed E-state index contributed by atoms with van der Waals surface area (Å²) >= 11 is 0. The molecule has 1 saturated heterocycles. The first kappa shape index (κ1) is 11.4. The van der Waals surface area contributed by atoms with E-state index in [0.29, 0.717) is 23.3 Å². The Morgan fingerprint density at radius 3 is 2.81 bits per heavy atom. The van der Waals surface area contributed by atoms with Gasteiger partial charge < -0.3 is 10.2 Å². The molecule has 1 N–H and O–H groups in total. The smallest absolute Gasteiger partial charge is 0.149 e. The normalized spacial score (nSPS) is 26.0. The topological polar surface area (TPSA) is 15.3 Å². The van der Waals surface area contributed by atoms with E-state index < -0.39 is 0 Å². The predicted molar refractivity (Wildman–Crippen MR) is 65.3 cm³/mol. The van der Waals surface area contributed by atoms with Gasteiger partial charge in [-0.3, -0.25) is 0 Å². The summed E-state index contributed by atoms with van der Waals surface area (Å²) in [5.74, 6) is -0.121. The fraction of sp³-hybridized carbons (Fsp3) is 0.538. The van der Waals surface area contributed by atoms with Gasteiger partial charge in [0, 0.05) is 18.6 Å². The molecule has 0 saturated carbocycles. The van der Waals surface area contributed by atoms with Crippen molar-refractivity contribution in [1.29, 1.82) is 0 Å². The van der Waals surface area contributed by atoms with Gasteiger partial charge in [0.15, 0.2) is 0 Å². The number of aryl methyl sites for hydroxylation is 1. The minimum Gasteiger partial charge on any atom is -0.379 e. The lowest BCUT2D eigenvalue weighted by molar-refractivity contribution is 0.330. The second kappa shape index (κ2) is 4.42. The maximum Gasteiger partial charge on any atom is 0.149 e. The molecule has 2 atom stereocenters. The summed E-state index contributed by atoms with van der Waals surface area (Å²) in [5.41, 5.74) is 1.33. The quantitative estimate of drug-likeness (QED) is 0.827. The molecule has 1 aromatic carbocycles. The molecule has 1 aliphatic heterocycles. The van der Waals surface area contributed by atoms with E-state index in [1.54, 1.807) is 13.0 Å². The summed E-state index contributed by atoms with van der Waals surface area (Å²) in [5, 5.41) is 3.29. The molecule has 0 amide bonds. The predicted octanol–water partition coefficient (Wildman–Crippen LogP) is 2.64. The zero-order valence-corrected chi connectivity index (χ0v) is 10.1. The average molecular weight is 222 g/mol. The van der Waals surface area contributed by atoms with E-state index in [0.717, 1.165) is 13.0 Å². The van der Waals surface area contributed by atoms with Gasteiger partial charge in [-0.2, -0.15) is 0 Å². The van der Waals surface area contributed by atoms with Gasteiger partial charge in [0.05, 0.1) is 5.69 Å². The highest BCUT2D eigenvalue weighted by Gasteiger charge is 2.26. The van der Waals surface area contributed by atoms with Gasteiger partial charge in [0.25, 0.3) is 0 Å². The number of nitrogens with one attached hydrogen (secondary N) is 1. The number of nitrogens with zero attached hydrogens (tertiary/aromatic N) is 1. The van der Waals surface area contributed by atoms with E-state index in [-0.39, 0.29) is 5.82 Å². The number of benzene rings is 1. The van der Waals surface area contributed by atoms with Crippen molar-refractivity contribution in [2.24, 2.45) is 0 Å². The van der Waals surface area contributed by atoms with E-state index in [9.17, 15) is 4.39 Å². The SMILES string of the molecule is Cc1cccc(NC2CC(C)N(C)C2)c1F. The second-order valence-electron chi connectivity index (χ2n) is 4.80. The van der Waals surface area contributed by atoms with Crippen LogP contribution in [0.15, 0.2) is 18.2 Å². The first-order chi connectivity index (χ1) is 7.58. The highest BCUT2D eigenvalue weighted by molar-refractivity contribution is 5.48. The van der Waals surface area contributed by atoms with Crippen LogP contribution in [0.1, 0.15) is 18.9 Å². The van der Waals surface area contributed by atoms with Crippen LogP contribution in [0, 0.1) is 12.7 Å². The van der Waals surface area contributed by atoms with Gasteiger partial charge in [0.2, 0.25) is 0 Å². The van der Waals surface area contributed by atoms with Crippen LogP contribution in [-0.4, -0.2) is 30.6 Å². The highest BCUT2D eigenvalue weighted by Crippen LogP contribution is 2.22. The fourth-order valence-electron chi connectivity index (χ4n) is 2.28. The van der Waals surface area contributed by atoms with E-state index >= 15 is 0 Å². The summed E-state index contributed by atoms with van der Waals surface area (Å²) in [6.45, 7) is 4.98. The Morgan fingerprint density at radius 2 is 2.19 bits per heavy atom. The Morgan fingerprint density at radius 1 is 1.44 bits per heavy atom. The number of hydrogen-bond acceptors (Lipinski definition) is 2. The van der Waals surface area contributed by atoms with Crippen LogP contribution in [-0.2, 0) is 0 Å². The standard InChI is InChI=1S/C13H19FN2/c1-9-5-4-6-12(13(9)14)15-11-7-10(2)16(3)8-11/h4-6,10-11,15H,7-8H2,1-3H3. The summed E-state index contributed by atoms with van der Waals surface area (Å²) in [6, 6.07) is 6.43. The molecule has 3 heteroatoms. The minimum absolute atomic E-state index is 0.121. The molecule has 1 fully saturated rings. The van der Waals surface area contributed by atoms with Crippen molar-refractivity contribution in [1.82, 2.24) is 4.90 Å². The summed E-state index contributed by atoms with van der Waals surface area (Å²) < 4.78 is 13.8. The number of rotatable bonds is 2. The van der Waals surface area contributed by atoms with Crippen molar-refractivity contribution in [3.05, 3.63) is 29.6 Å². The molecular formula is C13H19FN2. The molecule has 1 heterocycles. The second-order valence-corrected chi connectivity index (χ2v) is 4.80. The van der Waals surface area contributed by atoms with Crippen LogP contribution in [0.2, 0.25) is 0 Å². The molecule has 0 aliphatic carbocycles. The molecular weight excluding hydrogens is 203 g/mol. The third-order valence-corrected chi connectivity index (χ3v) is 3.44. The van der Waals surface area contributed by atoms with Crippen LogP contribution in [0.5, 0.6) is 0 Å². The lowest BCUT2D eigenvalue weighted by Crippen LogP contribution is -2.25. The van der Waals surface area contributed by atoms with Gasteiger partial charge in [-0.1, -0.05) is 12.1 Å². The summed E-state index contributed by atoms with van der Waals surface area (Å²) in [6.07, 6.45) is 1.07. The Bertz CT molecular complexity index is 368. The number of hydrogen-bond donors (Lipinski definition) is 1. The van der Waals surface area contributed by atoms with Gasteiger partial charge in [-0.15, -0.1) is 0 Å². The molecule has 2 nitrogen and oxygen atoms in total. The third-order valence-electron chi connectivity index (χ3n) is 3.44.